The molecular formula is C21H32N2. The summed E-state index contributed by atoms with van der Waals surface area (Å²) in [6.45, 7) is 6.16. The van der Waals surface area contributed by atoms with Crippen LogP contribution in [0.2, 0.25) is 0 Å². The van der Waals surface area contributed by atoms with Crippen LogP contribution in [0.4, 0.5) is 11.4 Å². The topological polar surface area (TPSA) is 52.0 Å². The quantitative estimate of drug-likeness (QED) is 0.683. The fourth-order valence-electron chi connectivity index (χ4n) is 4.87. The highest BCUT2D eigenvalue weighted by Gasteiger charge is 2.29. The molecular weight excluding hydrogens is 280 g/mol. The Kier molecular flexibility index (Phi) is 4.99. The van der Waals surface area contributed by atoms with E-state index in [0.717, 1.165) is 16.9 Å². The van der Waals surface area contributed by atoms with Crippen molar-refractivity contribution in [2.75, 3.05) is 11.5 Å². The second-order valence-corrected chi connectivity index (χ2v) is 7.57. The van der Waals surface area contributed by atoms with Gasteiger partial charge in [-0.15, -0.1) is 0 Å². The number of nitrogen functional groups attached to an aromatic ring is 2. The van der Waals surface area contributed by atoms with Crippen LogP contribution in [-0.4, -0.2) is 0 Å². The highest BCUT2D eigenvalue weighted by molar-refractivity contribution is 5.80. The first-order valence-corrected chi connectivity index (χ1v) is 9.48. The Morgan fingerprint density at radius 3 is 1.74 bits per heavy atom. The molecule has 0 unspecified atom stereocenters. The SMILES string of the molecule is C=Cc1c(N)c(C)c(N)c(C2CCCCC2)c1C1CCCCC1. The Bertz CT molecular complexity index is 576. The smallest absolute Gasteiger partial charge is 0.0440 e. The van der Waals surface area contributed by atoms with E-state index in [4.69, 9.17) is 11.5 Å². The monoisotopic (exact) mass is 312 g/mol. The lowest BCUT2D eigenvalue weighted by Gasteiger charge is -2.33. The number of hydrogen-bond donors (Lipinski definition) is 2. The predicted octanol–water partition coefficient (Wildman–Crippen LogP) is 5.90. The fourth-order valence-corrected chi connectivity index (χ4v) is 4.87. The zero-order chi connectivity index (χ0) is 16.4. The van der Waals surface area contributed by atoms with Crippen LogP contribution < -0.4 is 11.5 Å². The first-order chi connectivity index (χ1) is 11.1. The lowest BCUT2D eigenvalue weighted by Crippen LogP contribution is -2.18. The van der Waals surface area contributed by atoms with Gasteiger partial charge in [-0.1, -0.05) is 51.2 Å². The summed E-state index contributed by atoms with van der Waals surface area (Å²) >= 11 is 0. The third-order valence-corrected chi connectivity index (χ3v) is 6.20. The summed E-state index contributed by atoms with van der Waals surface area (Å²) in [7, 11) is 0. The Hall–Kier alpha value is -1.44. The van der Waals surface area contributed by atoms with E-state index in [1.807, 2.05) is 6.08 Å². The first-order valence-electron chi connectivity index (χ1n) is 9.48. The molecule has 0 atom stereocenters. The second-order valence-electron chi connectivity index (χ2n) is 7.57. The Morgan fingerprint density at radius 2 is 1.26 bits per heavy atom. The average molecular weight is 313 g/mol. The van der Waals surface area contributed by atoms with Gasteiger partial charge in [0.15, 0.2) is 0 Å². The second kappa shape index (κ2) is 6.98. The zero-order valence-corrected chi connectivity index (χ0v) is 14.7. The molecule has 0 radical (unpaired) electrons. The molecule has 23 heavy (non-hydrogen) atoms. The predicted molar refractivity (Wildman–Crippen MR) is 102 cm³/mol. The summed E-state index contributed by atoms with van der Waals surface area (Å²) in [5.41, 5.74) is 20.1. The molecule has 0 heterocycles. The van der Waals surface area contributed by atoms with Crippen molar-refractivity contribution in [2.45, 2.75) is 83.0 Å². The van der Waals surface area contributed by atoms with E-state index in [9.17, 15) is 0 Å². The van der Waals surface area contributed by atoms with E-state index in [0.29, 0.717) is 11.8 Å². The Morgan fingerprint density at radius 1 is 0.783 bits per heavy atom. The zero-order valence-electron chi connectivity index (χ0n) is 14.7. The number of benzene rings is 1. The molecule has 1 aromatic rings. The average Bonchev–Trinajstić information content (AvgIpc) is 2.61. The number of rotatable bonds is 3. The summed E-state index contributed by atoms with van der Waals surface area (Å²) in [5.74, 6) is 1.25. The van der Waals surface area contributed by atoms with E-state index < -0.39 is 0 Å². The molecule has 0 aliphatic heterocycles. The van der Waals surface area contributed by atoms with Gasteiger partial charge in [0.25, 0.3) is 0 Å². The van der Waals surface area contributed by atoms with Crippen LogP contribution in [-0.2, 0) is 0 Å². The van der Waals surface area contributed by atoms with E-state index >= 15 is 0 Å². The lowest BCUT2D eigenvalue weighted by atomic mass is 9.72. The molecule has 2 nitrogen and oxygen atoms in total. The molecule has 126 valence electrons. The molecule has 2 aliphatic rings. The maximum absolute atomic E-state index is 6.63. The molecule has 2 fully saturated rings. The maximum Gasteiger partial charge on any atom is 0.0440 e. The molecule has 0 bridgehead atoms. The summed E-state index contributed by atoms with van der Waals surface area (Å²) < 4.78 is 0. The van der Waals surface area contributed by atoms with Crippen LogP contribution >= 0.6 is 0 Å². The molecule has 2 saturated carbocycles. The van der Waals surface area contributed by atoms with Crippen molar-refractivity contribution < 1.29 is 0 Å². The Labute approximate surface area is 141 Å². The molecule has 2 heteroatoms. The summed E-state index contributed by atoms with van der Waals surface area (Å²) in [6.07, 6.45) is 15.2. The van der Waals surface area contributed by atoms with E-state index in [-0.39, 0.29) is 0 Å². The first kappa shape index (κ1) is 16.4. The third-order valence-electron chi connectivity index (χ3n) is 6.20. The molecule has 0 aromatic heterocycles. The van der Waals surface area contributed by atoms with Crippen LogP contribution in [0.5, 0.6) is 0 Å². The van der Waals surface area contributed by atoms with Crippen molar-refractivity contribution in [3.05, 3.63) is 28.8 Å². The van der Waals surface area contributed by atoms with Gasteiger partial charge in [0, 0.05) is 16.9 Å². The van der Waals surface area contributed by atoms with Crippen molar-refractivity contribution >= 4 is 17.5 Å². The van der Waals surface area contributed by atoms with Crippen LogP contribution in [0.3, 0.4) is 0 Å². The van der Waals surface area contributed by atoms with Gasteiger partial charge in [-0.2, -0.15) is 0 Å². The summed E-state index contributed by atoms with van der Waals surface area (Å²) in [4.78, 5) is 0. The van der Waals surface area contributed by atoms with Gasteiger partial charge in [-0.05, 0) is 61.1 Å². The largest absolute Gasteiger partial charge is 0.398 e. The van der Waals surface area contributed by atoms with Gasteiger partial charge in [-0.25, -0.2) is 0 Å². The highest BCUT2D eigenvalue weighted by atomic mass is 14.6. The molecule has 0 saturated heterocycles. The standard InChI is InChI=1S/C21H32N2/c1-3-17-18(15-10-6-4-7-11-15)19(16-12-8-5-9-13-16)21(23)14(2)20(17)22/h3,15-16H,1,4-13,22-23H2,2H3. The van der Waals surface area contributed by atoms with Crippen LogP contribution in [0.1, 0.15) is 98.3 Å². The van der Waals surface area contributed by atoms with Gasteiger partial charge in [-0.3, -0.25) is 0 Å². The number of nitrogens with two attached hydrogens (primary N) is 2. The van der Waals surface area contributed by atoms with E-state index in [1.165, 1.54) is 80.9 Å². The number of anilines is 2. The van der Waals surface area contributed by atoms with Gasteiger partial charge in [0.1, 0.15) is 0 Å². The highest BCUT2D eigenvalue weighted by Crippen LogP contribution is 2.48. The van der Waals surface area contributed by atoms with Crippen molar-refractivity contribution in [1.29, 1.82) is 0 Å². The van der Waals surface area contributed by atoms with Gasteiger partial charge >= 0.3 is 0 Å². The van der Waals surface area contributed by atoms with Crippen molar-refractivity contribution in [3.63, 3.8) is 0 Å². The Balaban J connectivity index is 2.17. The third kappa shape index (κ3) is 3.00. The van der Waals surface area contributed by atoms with Crippen molar-refractivity contribution in [3.8, 4) is 0 Å². The van der Waals surface area contributed by atoms with Crippen LogP contribution in [0.15, 0.2) is 6.58 Å². The van der Waals surface area contributed by atoms with Crippen LogP contribution in [0.25, 0.3) is 6.08 Å². The van der Waals surface area contributed by atoms with Crippen LogP contribution in [0, 0.1) is 6.92 Å². The van der Waals surface area contributed by atoms with Gasteiger partial charge in [0.05, 0.1) is 0 Å². The van der Waals surface area contributed by atoms with Gasteiger partial charge < -0.3 is 11.5 Å². The summed E-state index contributed by atoms with van der Waals surface area (Å²) in [5, 5.41) is 0. The molecule has 1 aromatic carbocycles. The van der Waals surface area contributed by atoms with E-state index in [2.05, 4.69) is 13.5 Å². The lowest BCUT2D eigenvalue weighted by molar-refractivity contribution is 0.419. The van der Waals surface area contributed by atoms with E-state index in [1.54, 1.807) is 0 Å². The minimum atomic E-state index is 0.624. The maximum atomic E-state index is 6.63. The van der Waals surface area contributed by atoms with Crippen molar-refractivity contribution in [2.24, 2.45) is 0 Å². The molecule has 0 amide bonds. The fraction of sp³-hybridized carbons (Fsp3) is 0.619. The number of hydrogen-bond acceptors (Lipinski definition) is 2. The van der Waals surface area contributed by atoms with Gasteiger partial charge in [0.2, 0.25) is 0 Å². The minimum Gasteiger partial charge on any atom is -0.398 e. The molecule has 3 rings (SSSR count). The minimum absolute atomic E-state index is 0.624. The summed E-state index contributed by atoms with van der Waals surface area (Å²) in [6, 6.07) is 0. The normalized spacial score (nSPS) is 20.6. The van der Waals surface area contributed by atoms with Crippen molar-refractivity contribution in [1.82, 2.24) is 0 Å². The molecule has 2 aliphatic carbocycles. The molecule has 4 N–H and O–H groups in total. The molecule has 0 spiro atoms.